The van der Waals surface area contributed by atoms with Gasteiger partial charge in [0.25, 0.3) is 11.8 Å². The SMILES string of the molecule is O=C(c1ccc2c(c1)CCC2)N1CCN(C(=O)c2cccc3ccccc23)CC1. The van der Waals surface area contributed by atoms with E-state index in [2.05, 4.69) is 12.1 Å². The molecule has 3 aromatic carbocycles. The summed E-state index contributed by atoms with van der Waals surface area (Å²) in [7, 11) is 0. The summed E-state index contributed by atoms with van der Waals surface area (Å²) >= 11 is 0. The van der Waals surface area contributed by atoms with Crippen LogP contribution in [0.25, 0.3) is 10.8 Å². The minimum Gasteiger partial charge on any atom is -0.335 e. The summed E-state index contributed by atoms with van der Waals surface area (Å²) in [5, 5.41) is 2.06. The molecule has 1 saturated heterocycles. The monoisotopic (exact) mass is 384 g/mol. The molecular formula is C25H24N2O2. The molecule has 5 rings (SSSR count). The number of aryl methyl sites for hydroxylation is 2. The smallest absolute Gasteiger partial charge is 0.254 e. The standard InChI is InChI=1S/C25H24N2O2/c28-24(21-12-11-18-6-3-8-20(18)17-21)26-13-15-27(16-14-26)25(29)23-10-4-7-19-5-1-2-9-22(19)23/h1-2,4-5,7,9-12,17H,3,6,8,13-16H2. The molecule has 2 aliphatic rings. The van der Waals surface area contributed by atoms with Gasteiger partial charge < -0.3 is 9.80 Å². The Morgan fingerprint density at radius 1 is 0.690 bits per heavy atom. The molecule has 1 aliphatic carbocycles. The average Bonchev–Trinajstić information content (AvgIpc) is 3.26. The number of hydrogen-bond acceptors (Lipinski definition) is 2. The van der Waals surface area contributed by atoms with Crippen molar-refractivity contribution < 1.29 is 9.59 Å². The van der Waals surface area contributed by atoms with Crippen LogP contribution in [0.4, 0.5) is 0 Å². The highest BCUT2D eigenvalue weighted by atomic mass is 16.2. The Morgan fingerprint density at radius 3 is 2.21 bits per heavy atom. The lowest BCUT2D eigenvalue weighted by Gasteiger charge is -2.35. The van der Waals surface area contributed by atoms with Crippen molar-refractivity contribution in [2.75, 3.05) is 26.2 Å². The van der Waals surface area contributed by atoms with Crippen LogP contribution < -0.4 is 0 Å². The molecule has 0 bridgehead atoms. The molecule has 1 aliphatic heterocycles. The molecule has 4 heteroatoms. The van der Waals surface area contributed by atoms with Crippen LogP contribution in [0.5, 0.6) is 0 Å². The number of carbonyl (C=O) groups excluding carboxylic acids is 2. The normalized spacial score (nSPS) is 16.1. The quantitative estimate of drug-likeness (QED) is 0.672. The molecule has 29 heavy (non-hydrogen) atoms. The lowest BCUT2D eigenvalue weighted by atomic mass is 10.0. The summed E-state index contributed by atoms with van der Waals surface area (Å²) in [6.07, 6.45) is 3.38. The van der Waals surface area contributed by atoms with Crippen molar-refractivity contribution in [1.82, 2.24) is 9.80 Å². The van der Waals surface area contributed by atoms with Gasteiger partial charge in [-0.2, -0.15) is 0 Å². The molecule has 0 atom stereocenters. The number of benzene rings is 3. The van der Waals surface area contributed by atoms with Gasteiger partial charge in [0.15, 0.2) is 0 Å². The van der Waals surface area contributed by atoms with Crippen molar-refractivity contribution in [3.05, 3.63) is 82.9 Å². The summed E-state index contributed by atoms with van der Waals surface area (Å²) in [5.41, 5.74) is 4.22. The fourth-order valence-electron chi connectivity index (χ4n) is 4.58. The van der Waals surface area contributed by atoms with E-state index in [4.69, 9.17) is 0 Å². The molecule has 2 amide bonds. The van der Waals surface area contributed by atoms with Crippen molar-refractivity contribution in [2.45, 2.75) is 19.3 Å². The molecule has 0 unspecified atom stereocenters. The van der Waals surface area contributed by atoms with Gasteiger partial charge in [0.05, 0.1) is 0 Å². The molecular weight excluding hydrogens is 360 g/mol. The van der Waals surface area contributed by atoms with Crippen LogP contribution in [0.2, 0.25) is 0 Å². The summed E-state index contributed by atoms with van der Waals surface area (Å²) in [5.74, 6) is 0.128. The van der Waals surface area contributed by atoms with Crippen LogP contribution in [0.3, 0.4) is 0 Å². The number of carbonyl (C=O) groups is 2. The van der Waals surface area contributed by atoms with Gasteiger partial charge in [-0.25, -0.2) is 0 Å². The maximum Gasteiger partial charge on any atom is 0.254 e. The summed E-state index contributed by atoms with van der Waals surface area (Å²) in [6.45, 7) is 2.29. The van der Waals surface area contributed by atoms with Gasteiger partial charge in [0.1, 0.15) is 0 Å². The van der Waals surface area contributed by atoms with E-state index in [-0.39, 0.29) is 11.8 Å². The molecule has 1 fully saturated rings. The molecule has 4 nitrogen and oxygen atoms in total. The predicted octanol–water partition coefficient (Wildman–Crippen LogP) is 3.93. The zero-order valence-electron chi connectivity index (χ0n) is 16.4. The van der Waals surface area contributed by atoms with Crippen LogP contribution in [-0.4, -0.2) is 47.8 Å². The Bertz CT molecular complexity index is 1090. The number of hydrogen-bond donors (Lipinski definition) is 0. The first-order valence-electron chi connectivity index (χ1n) is 10.4. The predicted molar refractivity (Wildman–Crippen MR) is 114 cm³/mol. The van der Waals surface area contributed by atoms with Gasteiger partial charge in [-0.15, -0.1) is 0 Å². The third-order valence-electron chi connectivity index (χ3n) is 6.22. The largest absolute Gasteiger partial charge is 0.335 e. The van der Waals surface area contributed by atoms with Crippen LogP contribution in [0.1, 0.15) is 38.3 Å². The van der Waals surface area contributed by atoms with Crippen molar-refractivity contribution in [3.8, 4) is 0 Å². The fourth-order valence-corrected chi connectivity index (χ4v) is 4.58. The lowest BCUT2D eigenvalue weighted by molar-refractivity contribution is 0.0536. The zero-order valence-corrected chi connectivity index (χ0v) is 16.4. The molecule has 0 saturated carbocycles. The van der Waals surface area contributed by atoms with Gasteiger partial charge in [-0.05, 0) is 59.4 Å². The molecule has 0 aromatic heterocycles. The fraction of sp³-hybridized carbons (Fsp3) is 0.280. The van der Waals surface area contributed by atoms with Gasteiger partial charge in [0, 0.05) is 37.3 Å². The van der Waals surface area contributed by atoms with Crippen LogP contribution in [0, 0.1) is 0 Å². The Balaban J connectivity index is 1.29. The highest BCUT2D eigenvalue weighted by Gasteiger charge is 2.26. The summed E-state index contributed by atoms with van der Waals surface area (Å²) < 4.78 is 0. The number of nitrogens with zero attached hydrogens (tertiary/aromatic N) is 2. The molecule has 1 heterocycles. The van der Waals surface area contributed by atoms with Crippen LogP contribution in [-0.2, 0) is 12.8 Å². The van der Waals surface area contributed by atoms with E-state index < -0.39 is 0 Å². The Morgan fingerprint density at radius 2 is 1.38 bits per heavy atom. The minimum atomic E-state index is 0.0476. The van der Waals surface area contributed by atoms with E-state index in [9.17, 15) is 9.59 Å². The minimum absolute atomic E-state index is 0.0476. The van der Waals surface area contributed by atoms with E-state index in [0.29, 0.717) is 26.2 Å². The first kappa shape index (κ1) is 17.9. The van der Waals surface area contributed by atoms with E-state index in [1.807, 2.05) is 58.3 Å². The number of rotatable bonds is 2. The molecule has 3 aromatic rings. The zero-order chi connectivity index (χ0) is 19.8. The average molecular weight is 384 g/mol. The first-order valence-corrected chi connectivity index (χ1v) is 10.4. The summed E-state index contributed by atoms with van der Waals surface area (Å²) in [6, 6.07) is 20.0. The molecule has 0 N–H and O–H groups in total. The van der Waals surface area contributed by atoms with Gasteiger partial charge >= 0.3 is 0 Å². The van der Waals surface area contributed by atoms with Crippen molar-refractivity contribution in [3.63, 3.8) is 0 Å². The second-order valence-corrected chi connectivity index (χ2v) is 7.95. The van der Waals surface area contributed by atoms with E-state index in [1.165, 1.54) is 17.5 Å². The molecule has 0 radical (unpaired) electrons. The second kappa shape index (κ2) is 7.36. The first-order chi connectivity index (χ1) is 14.2. The number of fused-ring (bicyclic) bond motifs is 2. The third kappa shape index (κ3) is 3.29. The number of piperazine rings is 1. The topological polar surface area (TPSA) is 40.6 Å². The second-order valence-electron chi connectivity index (χ2n) is 7.95. The van der Waals surface area contributed by atoms with Gasteiger partial charge in [-0.1, -0.05) is 42.5 Å². The van der Waals surface area contributed by atoms with E-state index in [0.717, 1.165) is 34.7 Å². The summed E-state index contributed by atoms with van der Waals surface area (Å²) in [4.78, 5) is 29.8. The number of amides is 2. The lowest BCUT2D eigenvalue weighted by Crippen LogP contribution is -2.50. The molecule has 0 spiro atoms. The molecule has 146 valence electrons. The van der Waals surface area contributed by atoms with E-state index >= 15 is 0 Å². The van der Waals surface area contributed by atoms with Gasteiger partial charge in [0.2, 0.25) is 0 Å². The maximum atomic E-state index is 13.1. The third-order valence-corrected chi connectivity index (χ3v) is 6.22. The van der Waals surface area contributed by atoms with E-state index in [1.54, 1.807) is 0 Å². The Labute approximate surface area is 170 Å². The van der Waals surface area contributed by atoms with Crippen LogP contribution >= 0.6 is 0 Å². The van der Waals surface area contributed by atoms with Crippen molar-refractivity contribution in [1.29, 1.82) is 0 Å². The van der Waals surface area contributed by atoms with Crippen LogP contribution in [0.15, 0.2) is 60.7 Å². The van der Waals surface area contributed by atoms with Crippen molar-refractivity contribution >= 4 is 22.6 Å². The Hall–Kier alpha value is -3.14. The Kier molecular flexibility index (Phi) is 4.55. The highest BCUT2D eigenvalue weighted by Crippen LogP contribution is 2.24. The maximum absolute atomic E-state index is 13.1. The van der Waals surface area contributed by atoms with Crippen molar-refractivity contribution in [2.24, 2.45) is 0 Å². The van der Waals surface area contributed by atoms with Gasteiger partial charge in [-0.3, -0.25) is 9.59 Å². The highest BCUT2D eigenvalue weighted by molar-refractivity contribution is 6.07.